The van der Waals surface area contributed by atoms with Crippen LogP contribution < -0.4 is 5.32 Å². The molecule has 2 aromatic rings. The van der Waals surface area contributed by atoms with Crippen molar-refractivity contribution in [2.75, 3.05) is 20.6 Å². The van der Waals surface area contributed by atoms with Crippen LogP contribution in [-0.4, -0.2) is 47.7 Å². The number of carbonyl (C=O) groups is 1. The molecule has 0 radical (unpaired) electrons. The molecule has 134 valence electrons. The third-order valence-electron chi connectivity index (χ3n) is 5.24. The molecule has 0 saturated carbocycles. The zero-order chi connectivity index (χ0) is 18.0. The van der Waals surface area contributed by atoms with E-state index in [9.17, 15) is 9.90 Å². The zero-order valence-corrected chi connectivity index (χ0v) is 15.2. The van der Waals surface area contributed by atoms with E-state index in [4.69, 9.17) is 0 Å². The fraction of sp³-hybridized carbons (Fsp3) is 0.450. The lowest BCUT2D eigenvalue weighted by molar-refractivity contribution is 0.0697. The van der Waals surface area contributed by atoms with Crippen molar-refractivity contribution >= 4 is 16.8 Å². The van der Waals surface area contributed by atoms with E-state index in [-0.39, 0.29) is 24.0 Å². The van der Waals surface area contributed by atoms with E-state index in [0.29, 0.717) is 0 Å². The number of fused-ring (bicyclic) bond motifs is 1. The number of benzene rings is 2. The van der Waals surface area contributed by atoms with Crippen molar-refractivity contribution < 1.29 is 9.90 Å². The highest BCUT2D eigenvalue weighted by Gasteiger charge is 2.27. The molecule has 1 heterocycles. The van der Waals surface area contributed by atoms with E-state index in [1.165, 1.54) is 6.42 Å². The normalized spacial score (nSPS) is 19.6. The molecule has 2 aromatic carbocycles. The molecule has 25 heavy (non-hydrogen) atoms. The average Bonchev–Trinajstić information content (AvgIpc) is 2.62. The van der Waals surface area contributed by atoms with Gasteiger partial charge in [-0.2, -0.15) is 0 Å². The number of hydrogen-bond donors (Lipinski definition) is 2. The zero-order valence-electron chi connectivity index (χ0n) is 15.2. The number of likely N-dealkylation sites (tertiary alicyclic amines) is 1. The van der Waals surface area contributed by atoms with Gasteiger partial charge in [-0.05, 0) is 56.8 Å². The highest BCUT2D eigenvalue weighted by Crippen LogP contribution is 2.30. The standard InChI is InChI=1S/C20H27N3O2/c1-14(15-11-12-18(24)17-9-5-4-8-16(15)17)21-20(25)23(3)19-10-6-7-13-22(19)2/h4-5,8-9,11-12,14,19,24H,6-7,10,13H2,1-3H3,(H,21,25). The number of nitrogens with one attached hydrogen (secondary N) is 1. The van der Waals surface area contributed by atoms with Crippen LogP contribution in [0.25, 0.3) is 10.8 Å². The van der Waals surface area contributed by atoms with Crippen LogP contribution in [0.5, 0.6) is 5.75 Å². The molecule has 3 rings (SSSR count). The molecule has 1 aliphatic heterocycles. The lowest BCUT2D eigenvalue weighted by Gasteiger charge is -2.39. The van der Waals surface area contributed by atoms with Gasteiger partial charge >= 0.3 is 6.03 Å². The molecule has 1 fully saturated rings. The molecule has 5 nitrogen and oxygen atoms in total. The number of amides is 2. The SMILES string of the molecule is CC(NC(=O)N(C)C1CCCCN1C)c1ccc(O)c2ccccc12. The predicted molar refractivity (Wildman–Crippen MR) is 101 cm³/mol. The van der Waals surface area contributed by atoms with Crippen LogP contribution in [0.4, 0.5) is 4.79 Å². The van der Waals surface area contributed by atoms with Gasteiger partial charge in [-0.1, -0.05) is 30.3 Å². The van der Waals surface area contributed by atoms with Crippen molar-refractivity contribution in [2.24, 2.45) is 0 Å². The number of phenols is 1. The Hall–Kier alpha value is -2.27. The highest BCUT2D eigenvalue weighted by molar-refractivity contribution is 5.91. The first-order valence-electron chi connectivity index (χ1n) is 8.93. The second-order valence-corrected chi connectivity index (χ2v) is 6.96. The lowest BCUT2D eigenvalue weighted by Crippen LogP contribution is -2.52. The van der Waals surface area contributed by atoms with E-state index in [1.54, 1.807) is 11.0 Å². The van der Waals surface area contributed by atoms with Crippen LogP contribution in [0, 0.1) is 0 Å². The molecular weight excluding hydrogens is 314 g/mol. The van der Waals surface area contributed by atoms with Gasteiger partial charge in [0.25, 0.3) is 0 Å². The average molecular weight is 341 g/mol. The van der Waals surface area contributed by atoms with E-state index >= 15 is 0 Å². The Labute approximate surface area is 149 Å². The summed E-state index contributed by atoms with van der Waals surface area (Å²) < 4.78 is 0. The Balaban J connectivity index is 1.77. The minimum absolute atomic E-state index is 0.0663. The molecule has 2 unspecified atom stereocenters. The number of phenolic OH excluding ortho intramolecular Hbond substituents is 1. The second-order valence-electron chi connectivity index (χ2n) is 6.96. The third kappa shape index (κ3) is 3.56. The summed E-state index contributed by atoms with van der Waals surface area (Å²) in [5, 5.41) is 14.9. The van der Waals surface area contributed by atoms with Crippen LogP contribution >= 0.6 is 0 Å². The molecule has 1 aliphatic rings. The number of rotatable bonds is 3. The number of nitrogens with zero attached hydrogens (tertiary/aromatic N) is 2. The van der Waals surface area contributed by atoms with Gasteiger partial charge in [-0.15, -0.1) is 0 Å². The molecule has 2 amide bonds. The van der Waals surface area contributed by atoms with Crippen LogP contribution in [0.2, 0.25) is 0 Å². The summed E-state index contributed by atoms with van der Waals surface area (Å²) in [5.41, 5.74) is 1.01. The highest BCUT2D eigenvalue weighted by atomic mass is 16.3. The van der Waals surface area contributed by atoms with E-state index in [0.717, 1.165) is 35.7 Å². The minimum Gasteiger partial charge on any atom is -0.507 e. The number of aromatic hydroxyl groups is 1. The molecule has 0 aromatic heterocycles. The molecule has 2 N–H and O–H groups in total. The van der Waals surface area contributed by atoms with Crippen molar-refractivity contribution in [2.45, 2.75) is 38.4 Å². The van der Waals surface area contributed by atoms with Crippen molar-refractivity contribution in [1.82, 2.24) is 15.1 Å². The molecule has 0 aliphatic carbocycles. The molecule has 2 atom stereocenters. The number of piperidine rings is 1. The second kappa shape index (κ2) is 7.31. The van der Waals surface area contributed by atoms with E-state index < -0.39 is 0 Å². The summed E-state index contributed by atoms with van der Waals surface area (Å²) in [7, 11) is 3.94. The van der Waals surface area contributed by atoms with E-state index in [1.807, 2.05) is 44.3 Å². The summed E-state index contributed by atoms with van der Waals surface area (Å²) in [6, 6.07) is 11.1. The van der Waals surface area contributed by atoms with Crippen molar-refractivity contribution in [1.29, 1.82) is 0 Å². The van der Waals surface area contributed by atoms with Gasteiger partial charge in [-0.3, -0.25) is 4.90 Å². The topological polar surface area (TPSA) is 55.8 Å². The molecular formula is C20H27N3O2. The maximum atomic E-state index is 12.7. The van der Waals surface area contributed by atoms with Crippen LogP contribution in [0.1, 0.15) is 37.8 Å². The lowest BCUT2D eigenvalue weighted by atomic mass is 9.99. The minimum atomic E-state index is -0.144. The molecule has 0 bridgehead atoms. The van der Waals surface area contributed by atoms with Gasteiger partial charge in [0, 0.05) is 12.4 Å². The summed E-state index contributed by atoms with van der Waals surface area (Å²) in [6.07, 6.45) is 3.51. The van der Waals surface area contributed by atoms with Gasteiger partial charge in [-0.25, -0.2) is 4.79 Å². The first-order chi connectivity index (χ1) is 12.0. The summed E-state index contributed by atoms with van der Waals surface area (Å²) in [5.74, 6) is 0.263. The largest absolute Gasteiger partial charge is 0.507 e. The van der Waals surface area contributed by atoms with Crippen LogP contribution in [-0.2, 0) is 0 Å². The Morgan fingerprint density at radius 2 is 1.96 bits per heavy atom. The van der Waals surface area contributed by atoms with Gasteiger partial charge < -0.3 is 15.3 Å². The first-order valence-corrected chi connectivity index (χ1v) is 8.93. The third-order valence-corrected chi connectivity index (χ3v) is 5.24. The number of carbonyl (C=O) groups excluding carboxylic acids is 1. The Bertz CT molecular complexity index is 762. The molecule has 5 heteroatoms. The van der Waals surface area contributed by atoms with Crippen LogP contribution in [0.15, 0.2) is 36.4 Å². The quantitative estimate of drug-likeness (QED) is 0.895. The maximum absolute atomic E-state index is 12.7. The predicted octanol–water partition coefficient (Wildman–Crippen LogP) is 3.69. The summed E-state index contributed by atoms with van der Waals surface area (Å²) in [6.45, 7) is 3.01. The van der Waals surface area contributed by atoms with E-state index in [2.05, 4.69) is 17.3 Å². The number of hydrogen-bond acceptors (Lipinski definition) is 3. The number of urea groups is 1. The Kier molecular flexibility index (Phi) is 5.13. The summed E-state index contributed by atoms with van der Waals surface area (Å²) in [4.78, 5) is 16.8. The fourth-order valence-electron chi connectivity index (χ4n) is 3.73. The van der Waals surface area contributed by atoms with Crippen molar-refractivity contribution in [3.63, 3.8) is 0 Å². The maximum Gasteiger partial charge on any atom is 0.318 e. The van der Waals surface area contributed by atoms with Gasteiger partial charge in [0.05, 0.1) is 12.2 Å². The molecule has 0 spiro atoms. The van der Waals surface area contributed by atoms with Crippen molar-refractivity contribution in [3.05, 3.63) is 42.0 Å². The van der Waals surface area contributed by atoms with Gasteiger partial charge in [0.2, 0.25) is 0 Å². The van der Waals surface area contributed by atoms with Gasteiger partial charge in [0.15, 0.2) is 0 Å². The fourth-order valence-corrected chi connectivity index (χ4v) is 3.73. The molecule has 1 saturated heterocycles. The van der Waals surface area contributed by atoms with Gasteiger partial charge in [0.1, 0.15) is 5.75 Å². The summed E-state index contributed by atoms with van der Waals surface area (Å²) >= 11 is 0. The first kappa shape index (κ1) is 17.5. The smallest absolute Gasteiger partial charge is 0.318 e. The van der Waals surface area contributed by atoms with Crippen LogP contribution in [0.3, 0.4) is 0 Å². The van der Waals surface area contributed by atoms with Crippen molar-refractivity contribution in [3.8, 4) is 5.75 Å². The monoisotopic (exact) mass is 341 g/mol. The Morgan fingerprint density at radius 1 is 1.24 bits per heavy atom. The Morgan fingerprint density at radius 3 is 2.68 bits per heavy atom.